The van der Waals surface area contributed by atoms with Crippen LogP contribution in [0, 0.1) is 33.8 Å². The Bertz CT molecular complexity index is 966. The van der Waals surface area contributed by atoms with Crippen molar-refractivity contribution in [2.75, 3.05) is 4.90 Å². The molecule has 6 heteroatoms. The monoisotopic (exact) mass is 334 g/mol. The first-order valence-electron chi connectivity index (χ1n) is 8.30. The Labute approximate surface area is 142 Å². The van der Waals surface area contributed by atoms with E-state index in [1.165, 1.54) is 17.0 Å². The number of carbonyl (C=O) groups is 2. The number of amides is 2. The minimum absolute atomic E-state index is 0.0274. The lowest BCUT2D eigenvalue weighted by atomic mass is 9.85. The second kappa shape index (κ2) is 4.75. The van der Waals surface area contributed by atoms with E-state index in [4.69, 9.17) is 0 Å². The van der Waals surface area contributed by atoms with Crippen molar-refractivity contribution in [3.05, 3.63) is 58.7 Å². The van der Waals surface area contributed by atoms with Gasteiger partial charge in [0.15, 0.2) is 0 Å². The average Bonchev–Trinajstić information content (AvgIpc) is 3.28. The molecule has 2 fully saturated rings. The van der Waals surface area contributed by atoms with Crippen LogP contribution in [0.4, 0.5) is 11.4 Å². The van der Waals surface area contributed by atoms with Gasteiger partial charge in [0, 0.05) is 11.5 Å². The fourth-order valence-electron chi connectivity index (χ4n) is 4.76. The number of fused-ring (bicyclic) bond motifs is 6. The fraction of sp³-hybridized carbons (Fsp3) is 0.263. The first kappa shape index (κ1) is 14.3. The maximum atomic E-state index is 13.0. The summed E-state index contributed by atoms with van der Waals surface area (Å²) in [5.41, 5.74) is 0.422. The number of nitro groups is 1. The van der Waals surface area contributed by atoms with Crippen LogP contribution in [0.1, 0.15) is 6.42 Å². The van der Waals surface area contributed by atoms with Crippen LogP contribution >= 0.6 is 0 Å². The molecule has 4 atom stereocenters. The quantitative estimate of drug-likeness (QED) is 0.366. The standard InChI is InChI=1S/C19H14N2O4/c22-18-16-10-5-6-11(9-10)17(16)19(23)20(18)14-7-8-15(21(24)25)13-4-2-1-3-12(13)14/h1-8,10-11,16-17H,9H2/t10-,11+,16-,17+. The highest BCUT2D eigenvalue weighted by atomic mass is 16.6. The van der Waals surface area contributed by atoms with Gasteiger partial charge in [-0.1, -0.05) is 30.4 Å². The SMILES string of the molecule is O=C1[C@@H]2[C@H](C(=O)N1c1ccc([N+](=O)[O-])c3ccccc13)[C@@H]1C=C[C@H]2C1. The number of benzene rings is 2. The van der Waals surface area contributed by atoms with E-state index < -0.39 is 4.92 Å². The highest BCUT2D eigenvalue weighted by Crippen LogP contribution is 2.53. The van der Waals surface area contributed by atoms with Crippen LogP contribution in [0.15, 0.2) is 48.6 Å². The topological polar surface area (TPSA) is 80.5 Å². The Morgan fingerprint density at radius 3 is 2.12 bits per heavy atom. The van der Waals surface area contributed by atoms with E-state index in [1.54, 1.807) is 24.3 Å². The van der Waals surface area contributed by atoms with Gasteiger partial charge in [-0.3, -0.25) is 19.7 Å². The zero-order chi connectivity index (χ0) is 17.3. The molecule has 0 spiro atoms. The van der Waals surface area contributed by atoms with Gasteiger partial charge in [-0.25, -0.2) is 4.90 Å². The summed E-state index contributed by atoms with van der Waals surface area (Å²) in [5.74, 6) is -0.633. The van der Waals surface area contributed by atoms with Crippen molar-refractivity contribution in [3.63, 3.8) is 0 Å². The normalized spacial score (nSPS) is 29.7. The molecular formula is C19H14N2O4. The van der Waals surface area contributed by atoms with Gasteiger partial charge in [0.05, 0.1) is 27.8 Å². The van der Waals surface area contributed by atoms with Gasteiger partial charge in [0.1, 0.15) is 0 Å². The van der Waals surface area contributed by atoms with Crippen molar-refractivity contribution >= 4 is 34.0 Å². The number of nitro benzene ring substituents is 1. The summed E-state index contributed by atoms with van der Waals surface area (Å²) in [6, 6.07) is 9.73. The summed E-state index contributed by atoms with van der Waals surface area (Å²) < 4.78 is 0. The summed E-state index contributed by atoms with van der Waals surface area (Å²) >= 11 is 0. The van der Waals surface area contributed by atoms with Crippen LogP contribution in [-0.4, -0.2) is 16.7 Å². The van der Waals surface area contributed by atoms with Gasteiger partial charge in [-0.2, -0.15) is 0 Å². The second-order valence-corrected chi connectivity index (χ2v) is 6.92. The molecule has 1 heterocycles. The van der Waals surface area contributed by atoms with Gasteiger partial charge in [-0.05, 0) is 30.4 Å². The molecular weight excluding hydrogens is 320 g/mol. The highest BCUT2D eigenvalue weighted by molar-refractivity contribution is 6.26. The zero-order valence-corrected chi connectivity index (χ0v) is 13.2. The van der Waals surface area contributed by atoms with E-state index >= 15 is 0 Å². The molecule has 2 bridgehead atoms. The minimum Gasteiger partial charge on any atom is -0.274 e. The number of rotatable bonds is 2. The predicted molar refractivity (Wildman–Crippen MR) is 90.8 cm³/mol. The van der Waals surface area contributed by atoms with E-state index in [0.717, 1.165) is 6.42 Å². The summed E-state index contributed by atoms with van der Waals surface area (Å²) in [6.45, 7) is 0. The number of non-ortho nitro benzene ring substituents is 1. The second-order valence-electron chi connectivity index (χ2n) is 6.92. The number of carbonyl (C=O) groups excluding carboxylic acids is 2. The van der Waals surface area contributed by atoms with Crippen molar-refractivity contribution in [2.45, 2.75) is 6.42 Å². The third-order valence-corrected chi connectivity index (χ3v) is 5.79. The molecule has 2 amide bonds. The van der Waals surface area contributed by atoms with Crippen LogP contribution in [0.25, 0.3) is 10.8 Å². The zero-order valence-electron chi connectivity index (χ0n) is 13.2. The largest absolute Gasteiger partial charge is 0.277 e. The molecule has 2 aromatic rings. The summed E-state index contributed by atoms with van der Waals surface area (Å²) in [5, 5.41) is 12.3. The lowest BCUT2D eigenvalue weighted by Crippen LogP contribution is -2.33. The van der Waals surface area contributed by atoms with Crippen LogP contribution in [0.2, 0.25) is 0 Å². The molecule has 0 unspecified atom stereocenters. The first-order valence-corrected chi connectivity index (χ1v) is 8.30. The number of hydrogen-bond donors (Lipinski definition) is 0. The molecule has 2 aliphatic carbocycles. The highest BCUT2D eigenvalue weighted by Gasteiger charge is 2.59. The van der Waals surface area contributed by atoms with Crippen molar-refractivity contribution in [2.24, 2.45) is 23.7 Å². The van der Waals surface area contributed by atoms with E-state index in [0.29, 0.717) is 16.5 Å². The van der Waals surface area contributed by atoms with Gasteiger partial charge >= 0.3 is 0 Å². The van der Waals surface area contributed by atoms with Gasteiger partial charge in [0.2, 0.25) is 11.8 Å². The third kappa shape index (κ3) is 1.74. The maximum Gasteiger partial charge on any atom is 0.277 e. The van der Waals surface area contributed by atoms with E-state index in [-0.39, 0.29) is 41.2 Å². The van der Waals surface area contributed by atoms with E-state index in [1.807, 2.05) is 0 Å². The molecule has 5 rings (SSSR count). The molecule has 124 valence electrons. The van der Waals surface area contributed by atoms with Crippen LogP contribution < -0.4 is 4.90 Å². The summed E-state index contributed by atoms with van der Waals surface area (Å²) in [6.07, 6.45) is 4.98. The Balaban J connectivity index is 1.68. The van der Waals surface area contributed by atoms with Crippen LogP contribution in [-0.2, 0) is 9.59 Å². The van der Waals surface area contributed by atoms with Crippen LogP contribution in [0.3, 0.4) is 0 Å². The van der Waals surface area contributed by atoms with Crippen molar-refractivity contribution in [1.29, 1.82) is 0 Å². The van der Waals surface area contributed by atoms with Gasteiger partial charge in [0.25, 0.3) is 5.69 Å². The van der Waals surface area contributed by atoms with Crippen LogP contribution in [0.5, 0.6) is 0 Å². The number of allylic oxidation sites excluding steroid dienone is 2. The predicted octanol–water partition coefficient (Wildman–Crippen LogP) is 3.06. The van der Waals surface area contributed by atoms with Crippen molar-refractivity contribution in [3.8, 4) is 0 Å². The molecule has 1 saturated carbocycles. The Morgan fingerprint density at radius 2 is 1.52 bits per heavy atom. The smallest absolute Gasteiger partial charge is 0.274 e. The molecule has 6 nitrogen and oxygen atoms in total. The maximum absolute atomic E-state index is 13.0. The summed E-state index contributed by atoms with van der Waals surface area (Å²) in [7, 11) is 0. The molecule has 1 saturated heterocycles. The number of imide groups is 1. The Kier molecular flexibility index (Phi) is 2.72. The lowest BCUT2D eigenvalue weighted by Gasteiger charge is -2.19. The van der Waals surface area contributed by atoms with Crippen molar-refractivity contribution < 1.29 is 14.5 Å². The van der Waals surface area contributed by atoms with Gasteiger partial charge in [-0.15, -0.1) is 0 Å². The van der Waals surface area contributed by atoms with Gasteiger partial charge < -0.3 is 0 Å². The molecule has 25 heavy (non-hydrogen) atoms. The lowest BCUT2D eigenvalue weighted by molar-refractivity contribution is -0.383. The number of nitrogens with zero attached hydrogens (tertiary/aromatic N) is 2. The minimum atomic E-state index is -0.446. The molecule has 3 aliphatic rings. The molecule has 0 radical (unpaired) electrons. The fourth-order valence-corrected chi connectivity index (χ4v) is 4.76. The Hall–Kier alpha value is -3.02. The molecule has 0 aromatic heterocycles. The third-order valence-electron chi connectivity index (χ3n) is 5.79. The number of anilines is 1. The molecule has 0 N–H and O–H groups in total. The Morgan fingerprint density at radius 1 is 0.920 bits per heavy atom. The summed E-state index contributed by atoms with van der Waals surface area (Å²) in [4.78, 5) is 38.1. The molecule has 2 aromatic carbocycles. The van der Waals surface area contributed by atoms with Crippen molar-refractivity contribution in [1.82, 2.24) is 0 Å². The average molecular weight is 334 g/mol. The van der Waals surface area contributed by atoms with E-state index in [9.17, 15) is 19.7 Å². The first-order chi connectivity index (χ1) is 12.1. The molecule has 1 aliphatic heterocycles. The van der Waals surface area contributed by atoms with E-state index in [2.05, 4.69) is 12.2 Å². The number of hydrogen-bond acceptors (Lipinski definition) is 4.